The molecule has 1 heterocycles. The first kappa shape index (κ1) is 39.1. The normalized spacial score (nSPS) is 13.9. The molecule has 12 aromatic rings. The highest BCUT2D eigenvalue weighted by Gasteiger charge is 2.59. The molecular weight excluding hydrogens is 847 g/mol. The number of fused-ring (bicyclic) bond motifs is 19. The average molecular weight is 890 g/mol. The van der Waals surface area contributed by atoms with E-state index in [-0.39, 0.29) is 0 Å². The van der Waals surface area contributed by atoms with E-state index in [1.807, 2.05) is 12.1 Å². The summed E-state index contributed by atoms with van der Waals surface area (Å²) in [7, 11) is 0. The summed E-state index contributed by atoms with van der Waals surface area (Å²) in [5, 5.41) is 2.27. The molecule has 0 N–H and O–H groups in total. The quantitative estimate of drug-likeness (QED) is 0.171. The lowest BCUT2D eigenvalue weighted by Crippen LogP contribution is -2.43. The second kappa shape index (κ2) is 14.8. The van der Waals surface area contributed by atoms with Gasteiger partial charge in [0.25, 0.3) is 0 Å². The largest absolute Gasteiger partial charge is 0.456 e. The zero-order valence-electron chi connectivity index (χ0n) is 38.2. The molecule has 3 aliphatic carbocycles. The van der Waals surface area contributed by atoms with Gasteiger partial charge in [-0.05, 0) is 132 Å². The molecule has 0 saturated carbocycles. The molecule has 0 atom stereocenters. The van der Waals surface area contributed by atoms with Gasteiger partial charge in [0.15, 0.2) is 0 Å². The monoisotopic (exact) mass is 889 g/mol. The maximum Gasteiger partial charge on any atom is 0.136 e. The van der Waals surface area contributed by atoms with Crippen LogP contribution in [-0.2, 0) is 10.8 Å². The van der Waals surface area contributed by atoms with Crippen molar-refractivity contribution in [2.75, 3.05) is 4.90 Å². The molecular formula is C68H43NO. The average Bonchev–Trinajstić information content (AvgIpc) is 4.06. The molecule has 3 aliphatic rings. The Morgan fingerprint density at radius 1 is 0.271 bits per heavy atom. The van der Waals surface area contributed by atoms with E-state index in [1.54, 1.807) is 0 Å². The van der Waals surface area contributed by atoms with Crippen molar-refractivity contribution in [1.82, 2.24) is 0 Å². The lowest BCUT2D eigenvalue weighted by molar-refractivity contribution is 0.633. The number of anilines is 3. The Balaban J connectivity index is 0.961. The topological polar surface area (TPSA) is 16.4 Å². The first-order chi connectivity index (χ1) is 34.7. The third-order valence-electron chi connectivity index (χ3n) is 15.8. The molecule has 0 amide bonds. The number of para-hydroxylation sites is 1. The summed E-state index contributed by atoms with van der Waals surface area (Å²) in [6.45, 7) is 0. The Hall–Kier alpha value is -8.98. The fourth-order valence-electron chi connectivity index (χ4n) is 13.0. The number of benzene rings is 11. The third kappa shape index (κ3) is 5.17. The minimum atomic E-state index is -0.602. The summed E-state index contributed by atoms with van der Waals surface area (Å²) in [6, 6.07) is 96.9. The first-order valence-corrected chi connectivity index (χ1v) is 24.3. The fraction of sp³-hybridized carbons (Fsp3) is 0.0294. The summed E-state index contributed by atoms with van der Waals surface area (Å²) in [6.07, 6.45) is 0. The van der Waals surface area contributed by atoms with Crippen molar-refractivity contribution >= 4 is 39.0 Å². The Labute approximate surface area is 407 Å². The van der Waals surface area contributed by atoms with Crippen molar-refractivity contribution in [2.24, 2.45) is 0 Å². The van der Waals surface area contributed by atoms with E-state index in [1.165, 1.54) is 77.9 Å². The number of furan rings is 1. The Kier molecular flexibility index (Phi) is 8.24. The van der Waals surface area contributed by atoms with Crippen LogP contribution in [0.3, 0.4) is 0 Å². The van der Waals surface area contributed by atoms with Gasteiger partial charge in [0.2, 0.25) is 0 Å². The second-order valence-corrected chi connectivity index (χ2v) is 19.0. The van der Waals surface area contributed by atoms with Crippen molar-refractivity contribution in [1.29, 1.82) is 0 Å². The predicted octanol–water partition coefficient (Wildman–Crippen LogP) is 17.4. The van der Waals surface area contributed by atoms with E-state index in [9.17, 15) is 0 Å². The summed E-state index contributed by atoms with van der Waals surface area (Å²) in [5.41, 5.74) is 24.4. The molecule has 0 saturated heterocycles. The zero-order chi connectivity index (χ0) is 46.0. The van der Waals surface area contributed by atoms with Crippen molar-refractivity contribution in [3.8, 4) is 44.5 Å². The highest BCUT2D eigenvalue weighted by molar-refractivity contribution is 6.06. The van der Waals surface area contributed by atoms with Crippen LogP contribution in [0.15, 0.2) is 265 Å². The Morgan fingerprint density at radius 2 is 0.686 bits per heavy atom. The van der Waals surface area contributed by atoms with Crippen LogP contribution in [0, 0.1) is 0 Å². The van der Waals surface area contributed by atoms with Crippen molar-refractivity contribution in [2.45, 2.75) is 10.8 Å². The lowest BCUT2D eigenvalue weighted by atomic mass is 9.52. The molecule has 2 heteroatoms. The predicted molar refractivity (Wildman–Crippen MR) is 287 cm³/mol. The summed E-state index contributed by atoms with van der Waals surface area (Å²) >= 11 is 0. The van der Waals surface area contributed by atoms with E-state index in [2.05, 4.69) is 254 Å². The molecule has 0 radical (unpaired) electrons. The van der Waals surface area contributed by atoms with E-state index >= 15 is 0 Å². The summed E-state index contributed by atoms with van der Waals surface area (Å²) in [4.78, 5) is 2.47. The van der Waals surface area contributed by atoms with Gasteiger partial charge in [0, 0.05) is 27.7 Å². The van der Waals surface area contributed by atoms with Crippen LogP contribution in [0.2, 0.25) is 0 Å². The Morgan fingerprint density at radius 3 is 1.29 bits per heavy atom. The van der Waals surface area contributed by atoms with Crippen LogP contribution in [0.1, 0.15) is 44.5 Å². The molecule has 0 unspecified atom stereocenters. The number of nitrogens with zero attached hydrogens (tertiary/aromatic N) is 1. The van der Waals surface area contributed by atoms with E-state index in [0.717, 1.165) is 50.1 Å². The molecule has 2 spiro atoms. The van der Waals surface area contributed by atoms with Gasteiger partial charge < -0.3 is 9.32 Å². The Bertz CT molecular complexity index is 3970. The zero-order valence-corrected chi connectivity index (χ0v) is 38.2. The molecule has 0 aliphatic heterocycles. The maximum atomic E-state index is 6.35. The fourth-order valence-corrected chi connectivity index (χ4v) is 13.0. The minimum Gasteiger partial charge on any atom is -0.456 e. The smallest absolute Gasteiger partial charge is 0.136 e. The molecule has 2 nitrogen and oxygen atoms in total. The van der Waals surface area contributed by atoms with Gasteiger partial charge in [0.1, 0.15) is 11.2 Å². The number of hydrogen-bond donors (Lipinski definition) is 0. The standard InChI is InChI=1S/C68H43NO/c1-2-17-44(18-3-1)45-33-38-48(39-34-45)69(49-40-35-46(36-41-49)47-37-42-53-52-21-7-15-32-64(52)70-65(53)43-47)63-31-16-30-62-66(63)54-22-6-10-25-57(54)68(62)60-28-13-11-26-58(60)67(59-27-12-14-29-61(59)68)55-23-8-4-19-50(55)51-20-5-9-24-56(51)67/h1-43H. The van der Waals surface area contributed by atoms with Crippen LogP contribution in [0.25, 0.3) is 66.4 Å². The van der Waals surface area contributed by atoms with E-state index < -0.39 is 10.8 Å². The van der Waals surface area contributed by atoms with Crippen molar-refractivity contribution < 1.29 is 4.42 Å². The van der Waals surface area contributed by atoms with Crippen LogP contribution in [-0.4, -0.2) is 0 Å². The van der Waals surface area contributed by atoms with E-state index in [0.29, 0.717) is 0 Å². The highest BCUT2D eigenvalue weighted by Crippen LogP contribution is 2.68. The lowest BCUT2D eigenvalue weighted by Gasteiger charge is -2.48. The number of hydrogen-bond acceptors (Lipinski definition) is 2. The summed E-state index contributed by atoms with van der Waals surface area (Å²) < 4.78 is 6.35. The molecule has 15 rings (SSSR count). The van der Waals surface area contributed by atoms with Gasteiger partial charge in [0.05, 0.1) is 16.5 Å². The molecule has 0 fully saturated rings. The van der Waals surface area contributed by atoms with Gasteiger partial charge in [-0.2, -0.15) is 0 Å². The van der Waals surface area contributed by atoms with Crippen LogP contribution in [0.5, 0.6) is 0 Å². The van der Waals surface area contributed by atoms with Gasteiger partial charge in [-0.15, -0.1) is 0 Å². The molecule has 11 aromatic carbocycles. The van der Waals surface area contributed by atoms with Gasteiger partial charge >= 0.3 is 0 Å². The summed E-state index contributed by atoms with van der Waals surface area (Å²) in [5.74, 6) is 0. The van der Waals surface area contributed by atoms with Crippen molar-refractivity contribution in [3.05, 3.63) is 305 Å². The number of rotatable bonds is 5. The molecule has 70 heavy (non-hydrogen) atoms. The van der Waals surface area contributed by atoms with Crippen LogP contribution >= 0.6 is 0 Å². The van der Waals surface area contributed by atoms with Gasteiger partial charge in [-0.25, -0.2) is 0 Å². The van der Waals surface area contributed by atoms with Crippen molar-refractivity contribution in [3.63, 3.8) is 0 Å². The second-order valence-electron chi connectivity index (χ2n) is 19.0. The van der Waals surface area contributed by atoms with Crippen LogP contribution < -0.4 is 4.90 Å². The van der Waals surface area contributed by atoms with Gasteiger partial charge in [-0.3, -0.25) is 0 Å². The molecule has 326 valence electrons. The highest BCUT2D eigenvalue weighted by atomic mass is 16.3. The van der Waals surface area contributed by atoms with E-state index in [4.69, 9.17) is 4.42 Å². The molecule has 0 bridgehead atoms. The maximum absolute atomic E-state index is 6.35. The minimum absolute atomic E-state index is 0.496. The molecule has 1 aromatic heterocycles. The third-order valence-corrected chi connectivity index (χ3v) is 15.8. The van der Waals surface area contributed by atoms with Crippen LogP contribution in [0.4, 0.5) is 17.1 Å². The van der Waals surface area contributed by atoms with Gasteiger partial charge in [-0.1, -0.05) is 212 Å². The SMILES string of the molecule is c1ccc(-c2ccc(N(c3ccc(-c4ccc5c(c4)oc4ccccc45)cc3)c3cccc4c3-c3ccccc3C43c4ccccc4C4(c5ccccc5-c5ccccc54)c4ccccc43)cc2)cc1. The first-order valence-electron chi connectivity index (χ1n) is 24.3.